The van der Waals surface area contributed by atoms with E-state index >= 15 is 0 Å². The van der Waals surface area contributed by atoms with Crippen LogP contribution in [0.3, 0.4) is 0 Å². The molecule has 4 rings (SSSR count). The van der Waals surface area contributed by atoms with Crippen LogP contribution >= 0.6 is 13.5 Å². The van der Waals surface area contributed by atoms with Gasteiger partial charge in [-0.05, 0) is 18.9 Å². The zero-order valence-electron chi connectivity index (χ0n) is 20.1. The fourth-order valence-electron chi connectivity index (χ4n) is 4.19. The molecule has 1 amide bonds. The summed E-state index contributed by atoms with van der Waals surface area (Å²) in [5, 5.41) is 14.0. The average molecular weight is 511 g/mol. The van der Waals surface area contributed by atoms with E-state index in [1.54, 1.807) is 17.1 Å². The molecule has 13 heteroatoms. The maximum atomic E-state index is 12.9. The van der Waals surface area contributed by atoms with Crippen molar-refractivity contribution in [1.82, 2.24) is 24.5 Å². The molecule has 1 atom stereocenters. The molecule has 4 heterocycles. The second kappa shape index (κ2) is 9.80. The van der Waals surface area contributed by atoms with Crippen LogP contribution in [0.2, 0.25) is 0 Å². The van der Waals surface area contributed by atoms with Crippen LogP contribution in [0.25, 0.3) is 0 Å². The summed E-state index contributed by atoms with van der Waals surface area (Å²) in [5.74, 6) is 0.746. The van der Waals surface area contributed by atoms with Crippen LogP contribution in [-0.4, -0.2) is 43.5 Å². The fourth-order valence-corrected chi connectivity index (χ4v) is 4.19. The molecule has 0 radical (unpaired) electrons. The summed E-state index contributed by atoms with van der Waals surface area (Å²) in [6.07, 6.45) is -1.07. The van der Waals surface area contributed by atoms with E-state index in [4.69, 9.17) is 0 Å². The highest BCUT2D eigenvalue weighted by Crippen LogP contribution is 2.36. The van der Waals surface area contributed by atoms with E-state index in [9.17, 15) is 18.0 Å². The molecule has 35 heavy (non-hydrogen) atoms. The van der Waals surface area contributed by atoms with E-state index in [2.05, 4.69) is 25.8 Å². The Bertz CT molecular complexity index is 1220. The monoisotopic (exact) mass is 510 g/mol. The Balaban J connectivity index is 0.00000342. The van der Waals surface area contributed by atoms with Gasteiger partial charge in [0.25, 0.3) is 0 Å². The SMILES string of the molecule is Cc1nc(NCc2cnn(Cc3cc(C(F)(F)F)nn3C)c2)cc2c1NC(=O)[C@H](C(C)C)N2C.S. The van der Waals surface area contributed by atoms with Crippen LogP contribution in [0.1, 0.15) is 36.5 Å². The molecule has 9 nitrogen and oxygen atoms in total. The summed E-state index contributed by atoms with van der Waals surface area (Å²) in [7, 11) is 3.38. The topological polar surface area (TPSA) is 92.9 Å². The Hall–Kier alpha value is -3.22. The number of anilines is 3. The lowest BCUT2D eigenvalue weighted by Gasteiger charge is -2.38. The Morgan fingerprint density at radius 2 is 1.94 bits per heavy atom. The molecule has 190 valence electrons. The van der Waals surface area contributed by atoms with Gasteiger partial charge in [0.15, 0.2) is 5.69 Å². The molecule has 1 aliphatic heterocycles. The number of halogens is 3. The first-order valence-electron chi connectivity index (χ1n) is 10.8. The average Bonchev–Trinajstić information content (AvgIpc) is 3.34. The van der Waals surface area contributed by atoms with E-state index in [1.807, 2.05) is 38.8 Å². The highest BCUT2D eigenvalue weighted by molar-refractivity contribution is 7.59. The van der Waals surface area contributed by atoms with E-state index in [-0.39, 0.29) is 37.9 Å². The maximum absolute atomic E-state index is 12.9. The van der Waals surface area contributed by atoms with Crippen molar-refractivity contribution in [1.29, 1.82) is 0 Å². The van der Waals surface area contributed by atoms with Crippen molar-refractivity contribution in [2.75, 3.05) is 22.6 Å². The number of likely N-dealkylation sites (N-methyl/N-ethyl adjacent to an activating group) is 1. The summed E-state index contributed by atoms with van der Waals surface area (Å²) < 4.78 is 41.4. The zero-order valence-corrected chi connectivity index (χ0v) is 21.1. The Morgan fingerprint density at radius 1 is 1.23 bits per heavy atom. The van der Waals surface area contributed by atoms with Gasteiger partial charge in [0.2, 0.25) is 5.91 Å². The van der Waals surface area contributed by atoms with E-state index < -0.39 is 11.9 Å². The number of aromatic nitrogens is 5. The van der Waals surface area contributed by atoms with Crippen molar-refractivity contribution < 1.29 is 18.0 Å². The van der Waals surface area contributed by atoms with Crippen molar-refractivity contribution in [3.63, 3.8) is 0 Å². The molecule has 0 unspecified atom stereocenters. The normalized spacial score (nSPS) is 15.6. The molecule has 2 N–H and O–H groups in total. The van der Waals surface area contributed by atoms with Gasteiger partial charge in [-0.1, -0.05) is 13.8 Å². The number of pyridine rings is 1. The van der Waals surface area contributed by atoms with Crippen LogP contribution < -0.4 is 15.5 Å². The standard InChI is InChI=1S/C22H27F3N8O.H2S/c1-12(2)20-21(34)29-19-13(3)28-18(7-16(19)31(20)4)26-8-14-9-27-33(10-14)11-15-6-17(22(23,24)25)30-32(15)5;/h6-7,9-10,12,20H,8,11H2,1-5H3,(H,26,28)(H,29,34);1H2/t20-;/m0./s1. The first kappa shape index (κ1) is 26.4. The van der Waals surface area contributed by atoms with E-state index in [0.29, 0.717) is 29.4 Å². The first-order valence-corrected chi connectivity index (χ1v) is 10.8. The lowest BCUT2D eigenvalue weighted by atomic mass is 9.98. The molecular formula is C22H29F3N8OS. The first-order chi connectivity index (χ1) is 15.9. The van der Waals surface area contributed by atoms with Crippen molar-refractivity contribution in [3.05, 3.63) is 47.2 Å². The van der Waals surface area contributed by atoms with Crippen molar-refractivity contribution >= 4 is 36.6 Å². The molecule has 0 aliphatic carbocycles. The molecule has 3 aromatic rings. The van der Waals surface area contributed by atoms with E-state index in [0.717, 1.165) is 17.3 Å². The number of rotatable bonds is 6. The van der Waals surface area contributed by atoms with Crippen LogP contribution in [0.15, 0.2) is 24.5 Å². The van der Waals surface area contributed by atoms with Gasteiger partial charge < -0.3 is 15.5 Å². The minimum Gasteiger partial charge on any atom is -0.366 e. The number of alkyl halides is 3. The van der Waals surface area contributed by atoms with Crippen molar-refractivity contribution in [2.24, 2.45) is 13.0 Å². The predicted octanol–water partition coefficient (Wildman–Crippen LogP) is 3.52. The summed E-state index contributed by atoms with van der Waals surface area (Å²) in [5.41, 5.74) is 2.62. The zero-order chi connectivity index (χ0) is 24.8. The maximum Gasteiger partial charge on any atom is 0.435 e. The number of hydrogen-bond donors (Lipinski definition) is 2. The molecule has 0 fully saturated rings. The second-order valence-electron chi connectivity index (χ2n) is 8.82. The molecule has 0 aromatic carbocycles. The molecule has 0 saturated heterocycles. The number of amides is 1. The number of fused-ring (bicyclic) bond motifs is 1. The number of hydrogen-bond acceptors (Lipinski definition) is 6. The molecule has 0 spiro atoms. The van der Waals surface area contributed by atoms with Gasteiger partial charge in [-0.2, -0.15) is 36.9 Å². The number of nitrogens with one attached hydrogen (secondary N) is 2. The highest BCUT2D eigenvalue weighted by atomic mass is 32.1. The lowest BCUT2D eigenvalue weighted by Crippen LogP contribution is -2.49. The molecule has 1 aliphatic rings. The lowest BCUT2D eigenvalue weighted by molar-refractivity contribution is -0.141. The van der Waals surface area contributed by atoms with Gasteiger partial charge in [0, 0.05) is 38.5 Å². The summed E-state index contributed by atoms with van der Waals surface area (Å²) in [4.78, 5) is 19.0. The summed E-state index contributed by atoms with van der Waals surface area (Å²) >= 11 is 0. The Morgan fingerprint density at radius 3 is 2.57 bits per heavy atom. The third-order valence-corrected chi connectivity index (χ3v) is 5.88. The van der Waals surface area contributed by atoms with Gasteiger partial charge >= 0.3 is 6.18 Å². The largest absolute Gasteiger partial charge is 0.435 e. The Kier molecular flexibility index (Phi) is 7.39. The molecule has 0 saturated carbocycles. The van der Waals surface area contributed by atoms with Crippen LogP contribution in [0.4, 0.5) is 30.4 Å². The van der Waals surface area contributed by atoms with Crippen LogP contribution in [0, 0.1) is 12.8 Å². The smallest absolute Gasteiger partial charge is 0.366 e. The third-order valence-electron chi connectivity index (χ3n) is 5.88. The molecule has 0 bridgehead atoms. The molecule has 3 aromatic heterocycles. The summed E-state index contributed by atoms with van der Waals surface area (Å²) in [6.45, 7) is 6.44. The second-order valence-corrected chi connectivity index (χ2v) is 8.82. The number of carbonyl (C=O) groups is 1. The van der Waals surface area contributed by atoms with E-state index in [1.165, 1.54) is 11.7 Å². The van der Waals surface area contributed by atoms with Gasteiger partial charge in [0.05, 0.1) is 35.5 Å². The summed E-state index contributed by atoms with van der Waals surface area (Å²) in [6, 6.07) is 2.65. The third kappa shape index (κ3) is 5.39. The number of nitrogens with zero attached hydrogens (tertiary/aromatic N) is 6. The number of aryl methyl sites for hydroxylation is 2. The fraction of sp³-hybridized carbons (Fsp3) is 0.455. The minimum absolute atomic E-state index is 0. The van der Waals surface area contributed by atoms with Crippen molar-refractivity contribution in [3.8, 4) is 0 Å². The van der Waals surface area contributed by atoms with Gasteiger partial charge in [0.1, 0.15) is 11.9 Å². The van der Waals surface area contributed by atoms with Gasteiger partial charge in [-0.25, -0.2) is 4.98 Å². The van der Waals surface area contributed by atoms with Crippen LogP contribution in [0.5, 0.6) is 0 Å². The Labute approximate surface area is 208 Å². The quantitative estimate of drug-likeness (QED) is 0.527. The van der Waals surface area contributed by atoms with Crippen LogP contribution in [-0.2, 0) is 31.1 Å². The number of carbonyl (C=O) groups excluding carboxylic acids is 1. The molecular weight excluding hydrogens is 481 g/mol. The minimum atomic E-state index is -4.48. The van der Waals surface area contributed by atoms with Gasteiger partial charge in [-0.3, -0.25) is 14.2 Å². The highest BCUT2D eigenvalue weighted by Gasteiger charge is 2.35. The van der Waals surface area contributed by atoms with Gasteiger partial charge in [-0.15, -0.1) is 0 Å². The van der Waals surface area contributed by atoms with Crippen molar-refractivity contribution in [2.45, 2.75) is 46.1 Å². The predicted molar refractivity (Wildman–Crippen MR) is 132 cm³/mol.